The number of carbonyl (C=O) groups excluding carboxylic acids is 1. The summed E-state index contributed by atoms with van der Waals surface area (Å²) in [6, 6.07) is 0. The zero-order valence-corrected chi connectivity index (χ0v) is 16.6. The molecule has 4 aliphatic carbocycles. The van der Waals surface area contributed by atoms with E-state index < -0.39 is 0 Å². The molecule has 0 aromatic rings. The molecule has 0 bridgehead atoms. The summed E-state index contributed by atoms with van der Waals surface area (Å²) in [6.07, 6.45) is 13.0. The third kappa shape index (κ3) is 2.58. The molecule has 0 N–H and O–H groups in total. The summed E-state index contributed by atoms with van der Waals surface area (Å²) >= 11 is 0. The summed E-state index contributed by atoms with van der Waals surface area (Å²) in [7, 11) is 0. The Morgan fingerprint density at radius 2 is 2.00 bits per heavy atom. The fourth-order valence-electron chi connectivity index (χ4n) is 7.67. The van der Waals surface area contributed by atoms with E-state index in [0.717, 1.165) is 37.2 Å². The van der Waals surface area contributed by atoms with E-state index in [1.54, 1.807) is 5.57 Å². The lowest BCUT2D eigenvalue weighted by molar-refractivity contribution is -0.127. The Balaban J connectivity index is 0.00000131. The highest BCUT2D eigenvalue weighted by atomic mass is 16.5. The minimum atomic E-state index is 0. The van der Waals surface area contributed by atoms with Gasteiger partial charge in [0.1, 0.15) is 5.78 Å². The summed E-state index contributed by atoms with van der Waals surface area (Å²) in [5.74, 6) is 3.17. The Bertz CT molecular complexity index is 589. The van der Waals surface area contributed by atoms with Crippen molar-refractivity contribution in [2.45, 2.75) is 85.2 Å². The fraction of sp³-hybridized carbons (Fsp3) is 0.870. The van der Waals surface area contributed by atoms with E-state index in [0.29, 0.717) is 23.2 Å². The molecule has 144 valence electrons. The summed E-state index contributed by atoms with van der Waals surface area (Å²) in [6.45, 7) is 9.79. The van der Waals surface area contributed by atoms with Gasteiger partial charge in [0, 0.05) is 15.4 Å². The van der Waals surface area contributed by atoms with Gasteiger partial charge in [-0.1, -0.05) is 25.5 Å². The van der Waals surface area contributed by atoms with Crippen LogP contribution in [0.2, 0.25) is 0 Å². The van der Waals surface area contributed by atoms with Gasteiger partial charge in [0.2, 0.25) is 0 Å². The number of rotatable bonds is 3. The molecule has 0 radical (unpaired) electrons. The molecule has 0 spiro atoms. The molecule has 0 aromatic carbocycles. The predicted octanol–water partition coefficient (Wildman–Crippen LogP) is 6.05. The average Bonchev–Trinajstić information content (AvgIpc) is 2.93. The van der Waals surface area contributed by atoms with Crippen LogP contribution >= 0.6 is 0 Å². The quantitative estimate of drug-likeness (QED) is 0.580. The maximum Gasteiger partial charge on any atom is 0.133 e. The third-order valence-electron chi connectivity index (χ3n) is 8.95. The Hall–Kier alpha value is -0.630. The van der Waals surface area contributed by atoms with Crippen molar-refractivity contribution in [2.24, 2.45) is 34.5 Å². The first-order chi connectivity index (χ1) is 11.9. The molecule has 0 amide bonds. The summed E-state index contributed by atoms with van der Waals surface area (Å²) in [4.78, 5) is 12.2. The first-order valence-electron chi connectivity index (χ1n) is 10.7. The highest BCUT2D eigenvalue weighted by molar-refractivity contribution is 5.79. The number of ether oxygens (including phenoxy) is 1. The van der Waals surface area contributed by atoms with Crippen LogP contribution in [0.1, 0.15) is 81.9 Å². The Labute approximate surface area is 156 Å². The Morgan fingerprint density at radius 1 is 1.20 bits per heavy atom. The molecule has 7 atom stereocenters. The van der Waals surface area contributed by atoms with Gasteiger partial charge in [-0.2, -0.15) is 0 Å². The Kier molecular flexibility index (Phi) is 4.42. The summed E-state index contributed by atoms with van der Waals surface area (Å²) < 4.78 is 5.96. The van der Waals surface area contributed by atoms with E-state index in [4.69, 9.17) is 4.74 Å². The van der Waals surface area contributed by atoms with Gasteiger partial charge in [-0.15, -0.1) is 0 Å². The van der Waals surface area contributed by atoms with Crippen LogP contribution in [0, 0.1) is 34.5 Å². The SMILES string of the molecule is CCOC1CC[C@@]2(C)C(=CC[C@@H]3C2CC[C@@]2(C)C3CC[C@@H]2C(C)=O)C1.[HH].[HH]. The van der Waals surface area contributed by atoms with Crippen LogP contribution in [0.4, 0.5) is 0 Å². The first kappa shape index (κ1) is 17.8. The number of ketones is 1. The van der Waals surface area contributed by atoms with Gasteiger partial charge in [0.15, 0.2) is 0 Å². The zero-order chi connectivity index (χ0) is 17.8. The number of allylic oxidation sites excluding steroid dienone is 1. The van der Waals surface area contributed by atoms with Crippen molar-refractivity contribution >= 4 is 5.78 Å². The largest absolute Gasteiger partial charge is 0.378 e. The predicted molar refractivity (Wildman–Crippen MR) is 106 cm³/mol. The van der Waals surface area contributed by atoms with Gasteiger partial charge >= 0.3 is 0 Å². The van der Waals surface area contributed by atoms with Crippen LogP contribution in [-0.2, 0) is 9.53 Å². The number of Topliss-reactive ketones (excluding diaryl/α,β-unsaturated/α-hetero) is 1. The molecular formula is C23H40O2. The normalized spacial score (nSPS) is 49.0. The zero-order valence-electron chi connectivity index (χ0n) is 16.6. The van der Waals surface area contributed by atoms with Crippen molar-refractivity contribution in [3.63, 3.8) is 0 Å². The maximum atomic E-state index is 12.2. The lowest BCUT2D eigenvalue weighted by atomic mass is 9.47. The van der Waals surface area contributed by atoms with Crippen LogP contribution < -0.4 is 0 Å². The van der Waals surface area contributed by atoms with E-state index in [2.05, 4.69) is 26.8 Å². The van der Waals surface area contributed by atoms with Crippen LogP contribution in [0.15, 0.2) is 11.6 Å². The molecular weight excluding hydrogens is 308 g/mol. The molecule has 4 aliphatic rings. The summed E-state index contributed by atoms with van der Waals surface area (Å²) in [5, 5.41) is 0. The summed E-state index contributed by atoms with van der Waals surface area (Å²) in [5.41, 5.74) is 2.37. The second kappa shape index (κ2) is 6.22. The van der Waals surface area contributed by atoms with Crippen molar-refractivity contribution in [2.75, 3.05) is 6.61 Å². The van der Waals surface area contributed by atoms with Gasteiger partial charge in [0.05, 0.1) is 6.10 Å². The van der Waals surface area contributed by atoms with Crippen molar-refractivity contribution in [3.8, 4) is 0 Å². The first-order valence-corrected chi connectivity index (χ1v) is 10.7. The molecule has 2 heteroatoms. The topological polar surface area (TPSA) is 26.3 Å². The number of hydrogen-bond donors (Lipinski definition) is 0. The highest BCUT2D eigenvalue weighted by Gasteiger charge is 2.59. The fourth-order valence-corrected chi connectivity index (χ4v) is 7.67. The average molecular weight is 349 g/mol. The second-order valence-corrected chi connectivity index (χ2v) is 9.86. The molecule has 2 nitrogen and oxygen atoms in total. The molecule has 4 rings (SSSR count). The molecule has 0 heterocycles. The third-order valence-corrected chi connectivity index (χ3v) is 8.95. The van der Waals surface area contributed by atoms with Gasteiger partial charge in [-0.05, 0) is 93.8 Å². The van der Waals surface area contributed by atoms with E-state index in [-0.39, 0.29) is 8.27 Å². The van der Waals surface area contributed by atoms with Gasteiger partial charge in [-0.25, -0.2) is 0 Å². The minimum absolute atomic E-state index is 0. The molecule has 0 aliphatic heterocycles. The van der Waals surface area contributed by atoms with Gasteiger partial charge in [-0.3, -0.25) is 4.79 Å². The van der Waals surface area contributed by atoms with E-state index in [1.807, 2.05) is 6.92 Å². The van der Waals surface area contributed by atoms with Crippen molar-refractivity contribution < 1.29 is 12.4 Å². The molecule has 25 heavy (non-hydrogen) atoms. The second-order valence-electron chi connectivity index (χ2n) is 9.86. The van der Waals surface area contributed by atoms with E-state index in [1.165, 1.54) is 38.5 Å². The van der Waals surface area contributed by atoms with Gasteiger partial charge < -0.3 is 4.74 Å². The molecule has 0 saturated heterocycles. The van der Waals surface area contributed by atoms with Crippen molar-refractivity contribution in [1.29, 1.82) is 0 Å². The molecule has 3 unspecified atom stereocenters. The minimum Gasteiger partial charge on any atom is -0.378 e. The maximum absolute atomic E-state index is 12.2. The lowest BCUT2D eigenvalue weighted by Crippen LogP contribution is -2.51. The number of carbonyl (C=O) groups is 1. The van der Waals surface area contributed by atoms with Crippen LogP contribution in [0.5, 0.6) is 0 Å². The van der Waals surface area contributed by atoms with Crippen LogP contribution in [0.3, 0.4) is 0 Å². The molecule has 3 saturated carbocycles. The van der Waals surface area contributed by atoms with Crippen LogP contribution in [-0.4, -0.2) is 18.5 Å². The number of hydrogen-bond acceptors (Lipinski definition) is 2. The smallest absolute Gasteiger partial charge is 0.133 e. The van der Waals surface area contributed by atoms with E-state index >= 15 is 0 Å². The number of fused-ring (bicyclic) bond motifs is 5. The monoisotopic (exact) mass is 348 g/mol. The Morgan fingerprint density at radius 3 is 2.72 bits per heavy atom. The van der Waals surface area contributed by atoms with Crippen molar-refractivity contribution in [3.05, 3.63) is 11.6 Å². The molecule has 0 aromatic heterocycles. The highest BCUT2D eigenvalue weighted by Crippen LogP contribution is 2.66. The van der Waals surface area contributed by atoms with E-state index in [9.17, 15) is 4.79 Å². The van der Waals surface area contributed by atoms with Crippen molar-refractivity contribution in [1.82, 2.24) is 0 Å². The van der Waals surface area contributed by atoms with Gasteiger partial charge in [0.25, 0.3) is 0 Å². The van der Waals surface area contributed by atoms with Crippen LogP contribution in [0.25, 0.3) is 0 Å². The molecule has 3 fully saturated rings. The lowest BCUT2D eigenvalue weighted by Gasteiger charge is -2.58. The standard InChI is InChI=1S/C23H36O2.2H2/c1-5-25-17-10-12-22(3)16(14-17)6-7-18-20-9-8-19(15(2)24)23(20,4)13-11-21(18)22;;/h6,17-21H,5,7-14H2,1-4H3;2*1H/t17?,18-,19+,20?,21?,22-,23+;;/m0../s1.